The van der Waals surface area contributed by atoms with Crippen molar-refractivity contribution in [3.63, 3.8) is 0 Å². The van der Waals surface area contributed by atoms with E-state index in [1.54, 1.807) is 18.4 Å². The van der Waals surface area contributed by atoms with Crippen molar-refractivity contribution in [3.05, 3.63) is 58.3 Å². The first-order valence-electron chi connectivity index (χ1n) is 7.96. The quantitative estimate of drug-likeness (QED) is 0.258. The van der Waals surface area contributed by atoms with Crippen molar-refractivity contribution in [1.29, 1.82) is 0 Å². The molecule has 0 bridgehead atoms. The fraction of sp³-hybridized carbons (Fsp3) is 0.389. The standard InChI is InChI=1S/C18H25N3OS.HI/c1-19-18(21-13-17-9-12-23-15-17)20-10-5-6-11-22-14-16-7-3-2-4-8-16;/h2-4,7-9,12,15H,5-6,10-11,13-14H2,1H3,(H2,19,20,21);1H. The van der Waals surface area contributed by atoms with Gasteiger partial charge in [0.2, 0.25) is 0 Å². The van der Waals surface area contributed by atoms with Crippen LogP contribution < -0.4 is 10.6 Å². The predicted molar refractivity (Wildman–Crippen MR) is 113 cm³/mol. The Kier molecular flexibility index (Phi) is 11.5. The summed E-state index contributed by atoms with van der Waals surface area (Å²) in [4.78, 5) is 4.23. The molecular formula is C18H26IN3OS. The number of hydrogen-bond acceptors (Lipinski definition) is 3. The largest absolute Gasteiger partial charge is 0.377 e. The number of nitrogens with zero attached hydrogens (tertiary/aromatic N) is 1. The van der Waals surface area contributed by atoms with Gasteiger partial charge >= 0.3 is 0 Å². The summed E-state index contributed by atoms with van der Waals surface area (Å²) in [5, 5.41) is 10.9. The molecule has 0 amide bonds. The Labute approximate surface area is 165 Å². The molecule has 2 rings (SSSR count). The third-order valence-electron chi connectivity index (χ3n) is 3.38. The van der Waals surface area contributed by atoms with Crippen LogP contribution in [0.3, 0.4) is 0 Å². The van der Waals surface area contributed by atoms with Crippen LogP contribution >= 0.6 is 35.3 Å². The zero-order chi connectivity index (χ0) is 16.2. The number of unbranched alkanes of at least 4 members (excludes halogenated alkanes) is 1. The molecule has 2 aromatic rings. The average molecular weight is 459 g/mol. The molecule has 0 aliphatic carbocycles. The molecule has 0 unspecified atom stereocenters. The van der Waals surface area contributed by atoms with Gasteiger partial charge in [-0.25, -0.2) is 0 Å². The van der Waals surface area contributed by atoms with Crippen LogP contribution in [0.15, 0.2) is 52.2 Å². The summed E-state index contributed by atoms with van der Waals surface area (Å²) in [5.41, 5.74) is 2.51. The summed E-state index contributed by atoms with van der Waals surface area (Å²) in [5.74, 6) is 0.849. The van der Waals surface area contributed by atoms with E-state index in [4.69, 9.17) is 4.74 Å². The summed E-state index contributed by atoms with van der Waals surface area (Å²) >= 11 is 1.71. The molecule has 0 radical (unpaired) electrons. The summed E-state index contributed by atoms with van der Waals surface area (Å²) in [6, 6.07) is 12.4. The molecule has 0 aliphatic rings. The third-order valence-corrected chi connectivity index (χ3v) is 4.12. The molecule has 0 aliphatic heterocycles. The summed E-state index contributed by atoms with van der Waals surface area (Å²) in [6.45, 7) is 3.19. The van der Waals surface area contributed by atoms with Crippen molar-refractivity contribution in [3.8, 4) is 0 Å². The highest BCUT2D eigenvalue weighted by molar-refractivity contribution is 14.0. The van der Waals surface area contributed by atoms with Crippen molar-refractivity contribution < 1.29 is 4.74 Å². The monoisotopic (exact) mass is 459 g/mol. The first-order valence-corrected chi connectivity index (χ1v) is 8.90. The predicted octanol–water partition coefficient (Wildman–Crippen LogP) is 4.03. The Morgan fingerprint density at radius 1 is 1.08 bits per heavy atom. The van der Waals surface area contributed by atoms with E-state index < -0.39 is 0 Å². The van der Waals surface area contributed by atoms with Crippen molar-refractivity contribution >= 4 is 41.3 Å². The zero-order valence-corrected chi connectivity index (χ0v) is 17.2. The minimum atomic E-state index is 0. The van der Waals surface area contributed by atoms with Gasteiger partial charge in [-0.15, -0.1) is 24.0 Å². The number of ether oxygens (including phenoxy) is 1. The van der Waals surface area contributed by atoms with Crippen LogP contribution in [-0.4, -0.2) is 26.2 Å². The number of aliphatic imine (C=N–C) groups is 1. The smallest absolute Gasteiger partial charge is 0.191 e. The van der Waals surface area contributed by atoms with E-state index in [1.165, 1.54) is 11.1 Å². The molecule has 0 saturated carbocycles. The number of benzene rings is 1. The lowest BCUT2D eigenvalue weighted by Crippen LogP contribution is -2.37. The van der Waals surface area contributed by atoms with Crippen LogP contribution in [0.1, 0.15) is 24.0 Å². The highest BCUT2D eigenvalue weighted by atomic mass is 127. The van der Waals surface area contributed by atoms with Crippen LogP contribution in [0.25, 0.3) is 0 Å². The minimum absolute atomic E-state index is 0. The van der Waals surface area contributed by atoms with Crippen LogP contribution in [0.4, 0.5) is 0 Å². The molecule has 1 heterocycles. The van der Waals surface area contributed by atoms with E-state index >= 15 is 0 Å². The van der Waals surface area contributed by atoms with Gasteiger partial charge in [-0.3, -0.25) is 4.99 Å². The Balaban J connectivity index is 0.00000288. The summed E-state index contributed by atoms with van der Waals surface area (Å²) < 4.78 is 5.68. The van der Waals surface area contributed by atoms with E-state index in [1.807, 2.05) is 18.2 Å². The number of thiophene rings is 1. The van der Waals surface area contributed by atoms with Crippen molar-refractivity contribution in [2.24, 2.45) is 4.99 Å². The number of guanidine groups is 1. The SMILES string of the molecule is CN=C(NCCCCOCc1ccccc1)NCc1ccsc1.I. The molecule has 132 valence electrons. The second kappa shape index (κ2) is 13.2. The lowest BCUT2D eigenvalue weighted by molar-refractivity contribution is 0.117. The minimum Gasteiger partial charge on any atom is -0.377 e. The maximum Gasteiger partial charge on any atom is 0.191 e. The van der Waals surface area contributed by atoms with Crippen LogP contribution in [-0.2, 0) is 17.9 Å². The van der Waals surface area contributed by atoms with Gasteiger partial charge in [-0.2, -0.15) is 11.3 Å². The van der Waals surface area contributed by atoms with E-state index in [9.17, 15) is 0 Å². The molecule has 6 heteroatoms. The molecule has 0 fully saturated rings. The van der Waals surface area contributed by atoms with Gasteiger partial charge in [0.25, 0.3) is 0 Å². The molecular weight excluding hydrogens is 433 g/mol. The van der Waals surface area contributed by atoms with Gasteiger partial charge in [0.05, 0.1) is 6.61 Å². The van der Waals surface area contributed by atoms with E-state index in [0.717, 1.165) is 38.5 Å². The molecule has 1 aromatic heterocycles. The Bertz CT molecular complexity index is 561. The van der Waals surface area contributed by atoms with Gasteiger partial charge in [0.15, 0.2) is 5.96 Å². The van der Waals surface area contributed by atoms with Gasteiger partial charge < -0.3 is 15.4 Å². The molecule has 1 aromatic carbocycles. The van der Waals surface area contributed by atoms with Crippen molar-refractivity contribution in [2.75, 3.05) is 20.2 Å². The summed E-state index contributed by atoms with van der Waals surface area (Å²) in [6.07, 6.45) is 2.11. The van der Waals surface area contributed by atoms with Gasteiger partial charge in [0.1, 0.15) is 0 Å². The zero-order valence-electron chi connectivity index (χ0n) is 14.0. The number of hydrogen-bond donors (Lipinski definition) is 2. The van der Waals surface area contributed by atoms with Gasteiger partial charge in [0, 0.05) is 26.7 Å². The fourth-order valence-electron chi connectivity index (χ4n) is 2.10. The second-order valence-electron chi connectivity index (χ2n) is 5.23. The lowest BCUT2D eigenvalue weighted by atomic mass is 10.2. The molecule has 4 nitrogen and oxygen atoms in total. The van der Waals surface area contributed by atoms with E-state index in [0.29, 0.717) is 6.61 Å². The van der Waals surface area contributed by atoms with E-state index in [2.05, 4.69) is 44.6 Å². The highest BCUT2D eigenvalue weighted by Crippen LogP contribution is 2.04. The first kappa shape index (κ1) is 20.9. The molecule has 2 N–H and O–H groups in total. The summed E-state index contributed by atoms with van der Waals surface area (Å²) in [7, 11) is 1.80. The third kappa shape index (κ3) is 8.65. The molecule has 24 heavy (non-hydrogen) atoms. The number of rotatable bonds is 9. The second-order valence-corrected chi connectivity index (χ2v) is 6.01. The molecule has 0 atom stereocenters. The molecule has 0 spiro atoms. The first-order chi connectivity index (χ1) is 11.4. The van der Waals surface area contributed by atoms with Crippen LogP contribution in [0, 0.1) is 0 Å². The number of halogens is 1. The molecule has 0 saturated heterocycles. The van der Waals surface area contributed by atoms with Gasteiger partial charge in [-0.1, -0.05) is 30.3 Å². The van der Waals surface area contributed by atoms with Crippen molar-refractivity contribution in [1.82, 2.24) is 10.6 Å². The number of nitrogens with one attached hydrogen (secondary N) is 2. The average Bonchev–Trinajstić information content (AvgIpc) is 3.11. The lowest BCUT2D eigenvalue weighted by Gasteiger charge is -2.11. The van der Waals surface area contributed by atoms with Crippen LogP contribution in [0.2, 0.25) is 0 Å². The van der Waals surface area contributed by atoms with E-state index in [-0.39, 0.29) is 24.0 Å². The fourth-order valence-corrected chi connectivity index (χ4v) is 2.77. The Morgan fingerprint density at radius 2 is 1.92 bits per heavy atom. The maximum atomic E-state index is 5.68. The maximum absolute atomic E-state index is 5.68. The highest BCUT2D eigenvalue weighted by Gasteiger charge is 1.98. The topological polar surface area (TPSA) is 45.7 Å². The van der Waals surface area contributed by atoms with Crippen molar-refractivity contribution in [2.45, 2.75) is 26.0 Å². The van der Waals surface area contributed by atoms with Gasteiger partial charge in [-0.05, 0) is 40.8 Å². The Morgan fingerprint density at radius 3 is 2.62 bits per heavy atom. The van der Waals surface area contributed by atoms with Crippen LogP contribution in [0.5, 0.6) is 0 Å². The Hall–Kier alpha value is -1.12. The normalized spacial score (nSPS) is 11.0.